The van der Waals surface area contributed by atoms with Crippen LogP contribution in [0.3, 0.4) is 0 Å². The smallest absolute Gasteiger partial charge is 0.234 e. The molecule has 2 aromatic heterocycles. The van der Waals surface area contributed by atoms with E-state index in [4.69, 9.17) is 11.6 Å². The van der Waals surface area contributed by atoms with Gasteiger partial charge in [0.2, 0.25) is 5.91 Å². The summed E-state index contributed by atoms with van der Waals surface area (Å²) in [5, 5.41) is 4.71. The fourth-order valence-electron chi connectivity index (χ4n) is 3.23. The predicted molar refractivity (Wildman–Crippen MR) is 110 cm³/mol. The van der Waals surface area contributed by atoms with Gasteiger partial charge in [-0.25, -0.2) is 14.4 Å². The quantitative estimate of drug-likeness (QED) is 0.452. The molecule has 0 bridgehead atoms. The summed E-state index contributed by atoms with van der Waals surface area (Å²) in [6.07, 6.45) is 4.56. The van der Waals surface area contributed by atoms with Crippen LogP contribution in [-0.2, 0) is 17.6 Å². The van der Waals surface area contributed by atoms with Crippen LogP contribution >= 0.6 is 34.7 Å². The van der Waals surface area contributed by atoms with E-state index in [0.717, 1.165) is 28.1 Å². The van der Waals surface area contributed by atoms with E-state index >= 15 is 0 Å². The first-order valence-corrected chi connectivity index (χ1v) is 10.9. The SMILES string of the molecule is Cc1nc(SCC(=O)Nc2ccc(F)c(Cl)c2)c2c3c(sc2n1)CCCC3. The highest BCUT2D eigenvalue weighted by molar-refractivity contribution is 8.00. The molecule has 0 saturated carbocycles. The van der Waals surface area contributed by atoms with E-state index in [2.05, 4.69) is 15.3 Å². The number of nitrogens with one attached hydrogen (secondary N) is 1. The maximum Gasteiger partial charge on any atom is 0.234 e. The molecule has 8 heteroatoms. The molecule has 0 spiro atoms. The molecule has 4 nitrogen and oxygen atoms in total. The molecule has 0 radical (unpaired) electrons. The maximum absolute atomic E-state index is 13.2. The van der Waals surface area contributed by atoms with Crippen LogP contribution in [0.25, 0.3) is 10.2 Å². The molecule has 0 fully saturated rings. The average molecular weight is 422 g/mol. The lowest BCUT2D eigenvalue weighted by molar-refractivity contribution is -0.113. The summed E-state index contributed by atoms with van der Waals surface area (Å²) in [5.41, 5.74) is 1.83. The van der Waals surface area contributed by atoms with Crippen LogP contribution in [0.2, 0.25) is 5.02 Å². The van der Waals surface area contributed by atoms with E-state index in [-0.39, 0.29) is 16.7 Å². The van der Waals surface area contributed by atoms with Crippen LogP contribution < -0.4 is 5.32 Å². The Morgan fingerprint density at radius 2 is 2.15 bits per heavy atom. The highest BCUT2D eigenvalue weighted by Crippen LogP contribution is 2.39. The number of aryl methyl sites for hydroxylation is 3. The van der Waals surface area contributed by atoms with Crippen LogP contribution in [0.5, 0.6) is 0 Å². The lowest BCUT2D eigenvalue weighted by atomic mass is 9.97. The van der Waals surface area contributed by atoms with Crippen molar-refractivity contribution in [3.8, 4) is 0 Å². The van der Waals surface area contributed by atoms with Crippen molar-refractivity contribution in [2.24, 2.45) is 0 Å². The number of carbonyl (C=O) groups excluding carboxylic acids is 1. The zero-order valence-corrected chi connectivity index (χ0v) is 17.0. The molecule has 140 valence electrons. The average Bonchev–Trinajstić information content (AvgIpc) is 3.01. The Hall–Kier alpha value is -1.70. The highest BCUT2D eigenvalue weighted by atomic mass is 35.5. The summed E-state index contributed by atoms with van der Waals surface area (Å²) in [7, 11) is 0. The molecule has 4 rings (SSSR count). The summed E-state index contributed by atoms with van der Waals surface area (Å²) in [6, 6.07) is 4.13. The summed E-state index contributed by atoms with van der Waals surface area (Å²) in [4.78, 5) is 23.9. The number of thiophene rings is 1. The van der Waals surface area contributed by atoms with Crippen molar-refractivity contribution < 1.29 is 9.18 Å². The van der Waals surface area contributed by atoms with Gasteiger partial charge in [-0.05, 0) is 56.4 Å². The molecule has 0 unspecified atom stereocenters. The number of benzene rings is 1. The second-order valence-electron chi connectivity index (χ2n) is 6.43. The second kappa shape index (κ2) is 7.73. The van der Waals surface area contributed by atoms with Gasteiger partial charge in [0, 0.05) is 16.0 Å². The van der Waals surface area contributed by atoms with E-state index in [1.54, 1.807) is 11.3 Å². The Balaban J connectivity index is 1.53. The third kappa shape index (κ3) is 3.95. The van der Waals surface area contributed by atoms with Crippen LogP contribution in [0.1, 0.15) is 29.1 Å². The molecule has 1 aliphatic rings. The van der Waals surface area contributed by atoms with E-state index < -0.39 is 5.82 Å². The molecular weight excluding hydrogens is 405 g/mol. The van der Waals surface area contributed by atoms with E-state index in [1.807, 2.05) is 6.92 Å². The topological polar surface area (TPSA) is 54.9 Å². The largest absolute Gasteiger partial charge is 0.325 e. The van der Waals surface area contributed by atoms with Crippen molar-refractivity contribution in [2.75, 3.05) is 11.1 Å². The van der Waals surface area contributed by atoms with E-state index in [1.165, 1.54) is 53.2 Å². The van der Waals surface area contributed by atoms with Crippen LogP contribution in [0.4, 0.5) is 10.1 Å². The van der Waals surface area contributed by atoms with Gasteiger partial charge in [0.15, 0.2) is 0 Å². The van der Waals surface area contributed by atoms with E-state index in [0.29, 0.717) is 11.5 Å². The Morgan fingerprint density at radius 3 is 2.96 bits per heavy atom. The Morgan fingerprint density at radius 1 is 1.33 bits per heavy atom. The predicted octanol–water partition coefficient (Wildman–Crippen LogP) is 5.40. The molecule has 27 heavy (non-hydrogen) atoms. The lowest BCUT2D eigenvalue weighted by Gasteiger charge is -2.12. The van der Waals surface area contributed by atoms with Gasteiger partial charge in [-0.1, -0.05) is 23.4 Å². The number of anilines is 1. The Labute approximate surface area is 169 Å². The van der Waals surface area contributed by atoms with Gasteiger partial charge in [0.25, 0.3) is 0 Å². The van der Waals surface area contributed by atoms with Gasteiger partial charge in [-0.3, -0.25) is 4.79 Å². The molecule has 0 aliphatic heterocycles. The molecule has 2 heterocycles. The number of amides is 1. The zero-order valence-electron chi connectivity index (χ0n) is 14.6. The van der Waals surface area contributed by atoms with Gasteiger partial charge in [-0.2, -0.15) is 0 Å². The third-order valence-electron chi connectivity index (χ3n) is 4.44. The number of hydrogen-bond acceptors (Lipinski definition) is 5. The van der Waals surface area contributed by atoms with Gasteiger partial charge >= 0.3 is 0 Å². The standard InChI is InChI=1S/C19H17ClFN3OS2/c1-10-22-18(17-12-4-2-3-5-15(12)27-19(17)23-10)26-9-16(25)24-11-6-7-14(21)13(20)8-11/h6-8H,2-5,9H2,1H3,(H,24,25). The van der Waals surface area contributed by atoms with Crippen molar-refractivity contribution in [2.45, 2.75) is 37.6 Å². The van der Waals surface area contributed by atoms with Crippen molar-refractivity contribution in [1.29, 1.82) is 0 Å². The number of hydrogen-bond donors (Lipinski definition) is 1. The van der Waals surface area contributed by atoms with Crippen molar-refractivity contribution in [3.05, 3.63) is 45.3 Å². The monoisotopic (exact) mass is 421 g/mol. The van der Waals surface area contributed by atoms with Gasteiger partial charge in [-0.15, -0.1) is 11.3 Å². The van der Waals surface area contributed by atoms with Gasteiger partial charge in [0.1, 0.15) is 21.5 Å². The second-order valence-corrected chi connectivity index (χ2v) is 8.89. The molecule has 3 aromatic rings. The normalized spacial score (nSPS) is 13.6. The number of rotatable bonds is 4. The number of nitrogens with zero attached hydrogens (tertiary/aromatic N) is 2. The Kier molecular flexibility index (Phi) is 5.34. The first-order valence-electron chi connectivity index (χ1n) is 8.68. The number of thioether (sulfide) groups is 1. The first kappa shape index (κ1) is 18.7. The lowest BCUT2D eigenvalue weighted by Crippen LogP contribution is -2.14. The number of halogens is 2. The molecule has 0 saturated heterocycles. The minimum Gasteiger partial charge on any atom is -0.325 e. The van der Waals surface area contributed by atoms with Crippen molar-refractivity contribution in [1.82, 2.24) is 9.97 Å². The maximum atomic E-state index is 13.2. The van der Waals surface area contributed by atoms with Gasteiger partial charge < -0.3 is 5.32 Å². The number of fused-ring (bicyclic) bond motifs is 3. The van der Waals surface area contributed by atoms with Crippen molar-refractivity contribution in [3.63, 3.8) is 0 Å². The third-order valence-corrected chi connectivity index (χ3v) is 6.89. The van der Waals surface area contributed by atoms with Crippen LogP contribution in [0.15, 0.2) is 23.2 Å². The molecule has 1 aliphatic carbocycles. The zero-order chi connectivity index (χ0) is 19.0. The molecule has 0 atom stereocenters. The van der Waals surface area contributed by atoms with Gasteiger partial charge in [0.05, 0.1) is 10.8 Å². The fourth-order valence-corrected chi connectivity index (χ4v) is 5.69. The Bertz CT molecular complexity index is 1040. The number of aromatic nitrogens is 2. The molecular formula is C19H17ClFN3OS2. The summed E-state index contributed by atoms with van der Waals surface area (Å²) < 4.78 is 13.2. The van der Waals surface area contributed by atoms with E-state index in [9.17, 15) is 9.18 Å². The summed E-state index contributed by atoms with van der Waals surface area (Å²) in [6.45, 7) is 1.88. The van der Waals surface area contributed by atoms with Crippen LogP contribution in [0, 0.1) is 12.7 Å². The fraction of sp³-hybridized carbons (Fsp3) is 0.316. The molecule has 1 aromatic carbocycles. The van der Waals surface area contributed by atoms with Crippen LogP contribution in [-0.4, -0.2) is 21.6 Å². The molecule has 1 amide bonds. The number of carbonyl (C=O) groups is 1. The highest BCUT2D eigenvalue weighted by Gasteiger charge is 2.21. The minimum atomic E-state index is -0.509. The minimum absolute atomic E-state index is 0.0153. The first-order chi connectivity index (χ1) is 13.0. The van der Waals surface area contributed by atoms with Crippen molar-refractivity contribution >= 4 is 56.5 Å². The summed E-state index contributed by atoms with van der Waals surface area (Å²) in [5.74, 6) is 0.237. The summed E-state index contributed by atoms with van der Waals surface area (Å²) >= 11 is 8.93. The molecule has 1 N–H and O–H groups in total.